The molecule has 0 saturated heterocycles. The van der Waals surface area contributed by atoms with Gasteiger partial charge >= 0.3 is 0 Å². The van der Waals surface area contributed by atoms with Crippen molar-refractivity contribution in [1.29, 1.82) is 0 Å². The molecule has 1 saturated carbocycles. The number of benzene rings is 1. The topological polar surface area (TPSA) is 66.9 Å². The molecule has 0 unspecified atom stereocenters. The number of hydrogen-bond donors (Lipinski definition) is 2. The molecule has 3 rings (SSSR count). The lowest BCUT2D eigenvalue weighted by molar-refractivity contribution is 0.0945. The Morgan fingerprint density at radius 1 is 1.23 bits per heavy atom. The van der Waals surface area contributed by atoms with E-state index in [2.05, 4.69) is 20.6 Å². The molecule has 1 aromatic heterocycles. The molecule has 1 aliphatic carbocycles. The van der Waals surface area contributed by atoms with Crippen LogP contribution in [0.5, 0.6) is 0 Å². The predicted octanol–water partition coefficient (Wildman–Crippen LogP) is 3.38. The number of carbonyl (C=O) groups excluding carboxylic acids is 1. The fraction of sp³-hybridized carbons (Fsp3) is 0.312. The summed E-state index contributed by atoms with van der Waals surface area (Å²) in [5.41, 5.74) is 2.21. The standard InChI is InChI=1S/C16H17ClN4O/c1-9-3-4-12(7-13(9)17)20-15-8-14(18-10(2)19-15)16(22)21-11-5-6-11/h3-4,7-8,11H,5-6H2,1-2H3,(H,21,22)(H,18,19,20). The van der Waals surface area contributed by atoms with Crippen LogP contribution in [0.3, 0.4) is 0 Å². The van der Waals surface area contributed by atoms with Crippen molar-refractivity contribution in [3.05, 3.63) is 46.4 Å². The lowest BCUT2D eigenvalue weighted by Gasteiger charge is -2.10. The minimum Gasteiger partial charge on any atom is -0.348 e. The highest BCUT2D eigenvalue weighted by Gasteiger charge is 2.24. The number of amides is 1. The van der Waals surface area contributed by atoms with Gasteiger partial charge in [-0.25, -0.2) is 9.97 Å². The zero-order valence-electron chi connectivity index (χ0n) is 12.5. The molecule has 1 heterocycles. The van der Waals surface area contributed by atoms with Crippen molar-refractivity contribution in [3.8, 4) is 0 Å². The Morgan fingerprint density at radius 2 is 2.00 bits per heavy atom. The largest absolute Gasteiger partial charge is 0.348 e. The average molecular weight is 317 g/mol. The molecule has 0 spiro atoms. The number of carbonyl (C=O) groups is 1. The summed E-state index contributed by atoms with van der Waals surface area (Å²) >= 11 is 6.12. The van der Waals surface area contributed by atoms with E-state index in [1.807, 2.05) is 25.1 Å². The molecule has 2 aromatic rings. The summed E-state index contributed by atoms with van der Waals surface area (Å²) in [6, 6.07) is 7.63. The van der Waals surface area contributed by atoms with Gasteiger partial charge in [-0.15, -0.1) is 0 Å². The van der Waals surface area contributed by atoms with Crippen molar-refractivity contribution < 1.29 is 4.79 Å². The van der Waals surface area contributed by atoms with Crippen molar-refractivity contribution in [3.63, 3.8) is 0 Å². The Bertz CT molecular complexity index is 728. The maximum atomic E-state index is 12.1. The summed E-state index contributed by atoms with van der Waals surface area (Å²) < 4.78 is 0. The number of nitrogens with one attached hydrogen (secondary N) is 2. The van der Waals surface area contributed by atoms with Crippen LogP contribution in [0.1, 0.15) is 34.7 Å². The molecule has 0 radical (unpaired) electrons. The van der Waals surface area contributed by atoms with E-state index in [-0.39, 0.29) is 5.91 Å². The smallest absolute Gasteiger partial charge is 0.270 e. The van der Waals surface area contributed by atoms with Crippen LogP contribution in [-0.2, 0) is 0 Å². The van der Waals surface area contributed by atoms with E-state index in [0.29, 0.717) is 28.4 Å². The molecule has 2 N–H and O–H groups in total. The van der Waals surface area contributed by atoms with Gasteiger partial charge in [0.25, 0.3) is 5.91 Å². The summed E-state index contributed by atoms with van der Waals surface area (Å²) in [7, 11) is 0. The van der Waals surface area contributed by atoms with E-state index < -0.39 is 0 Å². The third kappa shape index (κ3) is 3.54. The molecule has 22 heavy (non-hydrogen) atoms. The van der Waals surface area contributed by atoms with Gasteiger partial charge in [-0.1, -0.05) is 17.7 Å². The molecule has 5 nitrogen and oxygen atoms in total. The van der Waals surface area contributed by atoms with E-state index in [4.69, 9.17) is 11.6 Å². The molecular weight excluding hydrogens is 300 g/mol. The van der Waals surface area contributed by atoms with Crippen LogP contribution in [-0.4, -0.2) is 21.9 Å². The van der Waals surface area contributed by atoms with Gasteiger partial charge in [0.1, 0.15) is 17.3 Å². The second kappa shape index (κ2) is 5.93. The number of nitrogens with zero attached hydrogens (tertiary/aromatic N) is 2. The van der Waals surface area contributed by atoms with E-state index in [1.165, 1.54) is 0 Å². The van der Waals surface area contributed by atoms with Crippen LogP contribution >= 0.6 is 11.6 Å². The summed E-state index contributed by atoms with van der Waals surface area (Å²) in [5.74, 6) is 0.968. The van der Waals surface area contributed by atoms with Gasteiger partial charge in [0.15, 0.2) is 0 Å². The van der Waals surface area contributed by atoms with Crippen molar-refractivity contribution in [2.24, 2.45) is 0 Å². The number of aromatic nitrogens is 2. The van der Waals surface area contributed by atoms with Gasteiger partial charge in [-0.3, -0.25) is 4.79 Å². The van der Waals surface area contributed by atoms with Gasteiger partial charge in [-0.05, 0) is 44.4 Å². The van der Waals surface area contributed by atoms with Gasteiger partial charge in [0.05, 0.1) is 0 Å². The van der Waals surface area contributed by atoms with E-state index in [9.17, 15) is 4.79 Å². The van der Waals surface area contributed by atoms with Crippen LogP contribution in [0.15, 0.2) is 24.3 Å². The second-order valence-electron chi connectivity index (χ2n) is 5.52. The minimum absolute atomic E-state index is 0.155. The maximum absolute atomic E-state index is 12.1. The number of anilines is 2. The SMILES string of the molecule is Cc1nc(Nc2ccc(C)c(Cl)c2)cc(C(=O)NC2CC2)n1. The van der Waals surface area contributed by atoms with Gasteiger partial charge in [0.2, 0.25) is 0 Å². The van der Waals surface area contributed by atoms with Gasteiger partial charge < -0.3 is 10.6 Å². The first-order valence-corrected chi connectivity index (χ1v) is 7.59. The molecular formula is C16H17ClN4O. The Kier molecular flexibility index (Phi) is 3.98. The van der Waals surface area contributed by atoms with Gasteiger partial charge in [-0.2, -0.15) is 0 Å². The highest BCUT2D eigenvalue weighted by Crippen LogP contribution is 2.23. The highest BCUT2D eigenvalue weighted by atomic mass is 35.5. The summed E-state index contributed by atoms with van der Waals surface area (Å²) in [5, 5.41) is 6.77. The Morgan fingerprint density at radius 3 is 2.68 bits per heavy atom. The molecule has 0 bridgehead atoms. The first kappa shape index (κ1) is 14.8. The first-order chi connectivity index (χ1) is 10.5. The van der Waals surface area contributed by atoms with E-state index in [0.717, 1.165) is 24.1 Å². The Balaban J connectivity index is 1.81. The zero-order valence-corrected chi connectivity index (χ0v) is 13.2. The molecule has 0 atom stereocenters. The average Bonchev–Trinajstić information content (AvgIpc) is 3.26. The maximum Gasteiger partial charge on any atom is 0.270 e. The summed E-state index contributed by atoms with van der Waals surface area (Å²) in [4.78, 5) is 20.6. The molecule has 6 heteroatoms. The van der Waals surface area contributed by atoms with Gasteiger partial charge in [0, 0.05) is 22.8 Å². The van der Waals surface area contributed by atoms with Crippen molar-refractivity contribution >= 4 is 29.0 Å². The normalized spacial score (nSPS) is 13.8. The fourth-order valence-corrected chi connectivity index (χ4v) is 2.23. The van der Waals surface area contributed by atoms with E-state index in [1.54, 1.807) is 13.0 Å². The van der Waals surface area contributed by atoms with Crippen molar-refractivity contribution in [1.82, 2.24) is 15.3 Å². The number of halogens is 1. The molecule has 0 aliphatic heterocycles. The Hall–Kier alpha value is -2.14. The van der Waals surface area contributed by atoms with Crippen LogP contribution < -0.4 is 10.6 Å². The molecule has 1 aromatic carbocycles. The monoisotopic (exact) mass is 316 g/mol. The highest BCUT2D eigenvalue weighted by molar-refractivity contribution is 6.31. The van der Waals surface area contributed by atoms with Crippen molar-refractivity contribution in [2.45, 2.75) is 32.7 Å². The molecule has 1 aliphatic rings. The van der Waals surface area contributed by atoms with Crippen LogP contribution in [0, 0.1) is 13.8 Å². The minimum atomic E-state index is -0.155. The second-order valence-corrected chi connectivity index (χ2v) is 5.93. The van der Waals surface area contributed by atoms with E-state index >= 15 is 0 Å². The number of rotatable bonds is 4. The lowest BCUT2D eigenvalue weighted by Crippen LogP contribution is -2.26. The third-order valence-corrected chi connectivity index (χ3v) is 3.83. The number of aryl methyl sites for hydroxylation is 2. The molecule has 1 amide bonds. The first-order valence-electron chi connectivity index (χ1n) is 7.21. The third-order valence-electron chi connectivity index (χ3n) is 3.43. The van der Waals surface area contributed by atoms with Crippen LogP contribution in [0.2, 0.25) is 5.02 Å². The number of hydrogen-bond acceptors (Lipinski definition) is 4. The Labute approximate surface area is 134 Å². The molecule has 114 valence electrons. The van der Waals surface area contributed by atoms with Crippen molar-refractivity contribution in [2.75, 3.05) is 5.32 Å². The van der Waals surface area contributed by atoms with Crippen LogP contribution in [0.4, 0.5) is 11.5 Å². The quantitative estimate of drug-likeness (QED) is 0.907. The molecule has 1 fully saturated rings. The lowest BCUT2D eigenvalue weighted by atomic mass is 10.2. The predicted molar refractivity (Wildman–Crippen MR) is 86.7 cm³/mol. The fourth-order valence-electron chi connectivity index (χ4n) is 2.05. The summed E-state index contributed by atoms with van der Waals surface area (Å²) in [6.07, 6.45) is 2.09. The zero-order chi connectivity index (χ0) is 15.7. The van der Waals surface area contributed by atoms with Crippen LogP contribution in [0.25, 0.3) is 0 Å². The summed E-state index contributed by atoms with van der Waals surface area (Å²) in [6.45, 7) is 3.71.